The molecule has 1 aromatic carbocycles. The molecule has 2 aromatic rings. The normalized spacial score (nSPS) is 17.4. The molecule has 0 aliphatic carbocycles. The maximum Gasteiger partial charge on any atom is 0.272 e. The number of nitrogens with zero attached hydrogens (tertiary/aromatic N) is 3. The molecule has 1 aliphatic heterocycles. The van der Waals surface area contributed by atoms with Gasteiger partial charge in [0, 0.05) is 26.2 Å². The van der Waals surface area contributed by atoms with Crippen molar-refractivity contribution < 1.29 is 4.79 Å². The molecular weight excluding hydrogens is 310 g/mol. The Balaban J connectivity index is 1.69. The van der Waals surface area contributed by atoms with Crippen LogP contribution >= 0.6 is 0 Å². The summed E-state index contributed by atoms with van der Waals surface area (Å²) < 4.78 is 0. The number of rotatable bonds is 5. The monoisotopic (exact) mass is 337 g/mol. The third-order valence-electron chi connectivity index (χ3n) is 4.87. The van der Waals surface area contributed by atoms with E-state index in [2.05, 4.69) is 48.0 Å². The topological polar surface area (TPSA) is 36.4 Å². The smallest absolute Gasteiger partial charge is 0.272 e. The largest absolute Gasteiger partial charge is 0.366 e. The van der Waals surface area contributed by atoms with Gasteiger partial charge in [-0.25, -0.2) is 4.98 Å². The molecule has 0 spiro atoms. The van der Waals surface area contributed by atoms with Crippen LogP contribution in [0.5, 0.6) is 0 Å². The molecule has 1 aromatic heterocycles. The van der Waals surface area contributed by atoms with E-state index < -0.39 is 0 Å². The maximum absolute atomic E-state index is 12.6. The van der Waals surface area contributed by atoms with Gasteiger partial charge < -0.3 is 9.80 Å². The summed E-state index contributed by atoms with van der Waals surface area (Å²) in [4.78, 5) is 21.3. The number of benzene rings is 1. The van der Waals surface area contributed by atoms with Crippen LogP contribution < -0.4 is 4.90 Å². The van der Waals surface area contributed by atoms with E-state index in [4.69, 9.17) is 0 Å². The zero-order chi connectivity index (χ0) is 17.6. The quantitative estimate of drug-likeness (QED) is 0.828. The van der Waals surface area contributed by atoms with E-state index in [0.717, 1.165) is 38.3 Å². The summed E-state index contributed by atoms with van der Waals surface area (Å²) in [6.07, 6.45) is 4.12. The molecule has 0 saturated carbocycles. The van der Waals surface area contributed by atoms with E-state index in [1.807, 2.05) is 29.3 Å². The first-order valence-electron chi connectivity index (χ1n) is 9.21. The lowest BCUT2D eigenvalue weighted by atomic mass is 10.00. The second kappa shape index (κ2) is 8.15. The molecule has 1 fully saturated rings. The van der Waals surface area contributed by atoms with Gasteiger partial charge in [-0.3, -0.25) is 4.79 Å². The van der Waals surface area contributed by atoms with Gasteiger partial charge in [0.1, 0.15) is 5.69 Å². The standard InChI is InChI=1S/C21H27N3O/c1-3-23(16-18-9-5-4-6-10-18)19-11-12-20(22-14-19)21(25)24-13-7-8-17(2)15-24/h4-6,9-12,14,17H,3,7-8,13,15-16H2,1-2H3. The van der Waals surface area contributed by atoms with E-state index in [1.165, 1.54) is 12.0 Å². The molecule has 3 rings (SSSR count). The van der Waals surface area contributed by atoms with Crippen molar-refractivity contribution in [3.8, 4) is 0 Å². The van der Waals surface area contributed by atoms with Crippen LogP contribution in [0.2, 0.25) is 0 Å². The number of hydrogen-bond donors (Lipinski definition) is 0. The number of hydrogen-bond acceptors (Lipinski definition) is 3. The van der Waals surface area contributed by atoms with Crippen LogP contribution in [-0.4, -0.2) is 35.4 Å². The Morgan fingerprint density at radius 3 is 2.68 bits per heavy atom. The molecule has 4 heteroatoms. The summed E-state index contributed by atoms with van der Waals surface area (Å²) in [5.41, 5.74) is 2.87. The van der Waals surface area contributed by atoms with Crippen molar-refractivity contribution >= 4 is 11.6 Å². The number of aromatic nitrogens is 1. The fraction of sp³-hybridized carbons (Fsp3) is 0.429. The molecule has 1 aliphatic rings. The van der Waals surface area contributed by atoms with Gasteiger partial charge in [-0.05, 0) is 43.4 Å². The Morgan fingerprint density at radius 1 is 1.24 bits per heavy atom. The third-order valence-corrected chi connectivity index (χ3v) is 4.87. The number of piperidine rings is 1. The molecule has 132 valence electrons. The number of amides is 1. The second-order valence-electron chi connectivity index (χ2n) is 6.90. The molecule has 0 bridgehead atoms. The average molecular weight is 337 g/mol. The number of likely N-dealkylation sites (tertiary alicyclic amines) is 1. The van der Waals surface area contributed by atoms with Crippen LogP contribution in [-0.2, 0) is 6.54 Å². The molecule has 0 radical (unpaired) electrons. The van der Waals surface area contributed by atoms with Crippen LogP contribution in [0.25, 0.3) is 0 Å². The third kappa shape index (κ3) is 4.38. The van der Waals surface area contributed by atoms with E-state index in [1.54, 1.807) is 0 Å². The van der Waals surface area contributed by atoms with Crippen molar-refractivity contribution in [3.05, 3.63) is 59.9 Å². The minimum absolute atomic E-state index is 0.0595. The average Bonchev–Trinajstić information content (AvgIpc) is 2.66. The van der Waals surface area contributed by atoms with Gasteiger partial charge in [0.25, 0.3) is 5.91 Å². The fourth-order valence-corrected chi connectivity index (χ4v) is 3.42. The highest BCUT2D eigenvalue weighted by atomic mass is 16.2. The van der Waals surface area contributed by atoms with Crippen molar-refractivity contribution in [1.82, 2.24) is 9.88 Å². The molecule has 1 atom stereocenters. The van der Waals surface area contributed by atoms with Gasteiger partial charge in [-0.2, -0.15) is 0 Å². The molecule has 0 N–H and O–H groups in total. The Morgan fingerprint density at radius 2 is 2.04 bits per heavy atom. The van der Waals surface area contributed by atoms with E-state index >= 15 is 0 Å². The summed E-state index contributed by atoms with van der Waals surface area (Å²) in [6.45, 7) is 7.78. The first kappa shape index (κ1) is 17.5. The van der Waals surface area contributed by atoms with Crippen LogP contribution in [0, 0.1) is 5.92 Å². The zero-order valence-electron chi connectivity index (χ0n) is 15.2. The van der Waals surface area contributed by atoms with Crippen LogP contribution in [0.1, 0.15) is 42.7 Å². The van der Waals surface area contributed by atoms with Crippen molar-refractivity contribution in [2.45, 2.75) is 33.2 Å². The molecule has 25 heavy (non-hydrogen) atoms. The fourth-order valence-electron chi connectivity index (χ4n) is 3.42. The van der Waals surface area contributed by atoms with Crippen molar-refractivity contribution in [2.75, 3.05) is 24.5 Å². The number of anilines is 1. The van der Waals surface area contributed by atoms with E-state index in [-0.39, 0.29) is 5.91 Å². The Kier molecular flexibility index (Phi) is 5.69. The lowest BCUT2D eigenvalue weighted by Gasteiger charge is -2.30. The summed E-state index contributed by atoms with van der Waals surface area (Å²) >= 11 is 0. The van der Waals surface area contributed by atoms with Crippen LogP contribution in [0.15, 0.2) is 48.7 Å². The predicted molar refractivity (Wildman–Crippen MR) is 102 cm³/mol. The van der Waals surface area contributed by atoms with Crippen molar-refractivity contribution in [3.63, 3.8) is 0 Å². The lowest BCUT2D eigenvalue weighted by Crippen LogP contribution is -2.39. The Bertz CT molecular complexity index is 684. The SMILES string of the molecule is CCN(Cc1ccccc1)c1ccc(C(=O)N2CCCC(C)C2)nc1. The number of carbonyl (C=O) groups is 1. The first-order chi connectivity index (χ1) is 12.2. The summed E-state index contributed by atoms with van der Waals surface area (Å²) in [5.74, 6) is 0.641. The lowest BCUT2D eigenvalue weighted by molar-refractivity contribution is 0.0677. The highest BCUT2D eigenvalue weighted by Crippen LogP contribution is 2.20. The molecule has 1 unspecified atom stereocenters. The van der Waals surface area contributed by atoms with Crippen molar-refractivity contribution in [1.29, 1.82) is 0 Å². The van der Waals surface area contributed by atoms with Crippen molar-refractivity contribution in [2.24, 2.45) is 5.92 Å². The highest BCUT2D eigenvalue weighted by Gasteiger charge is 2.22. The Hall–Kier alpha value is -2.36. The molecule has 1 amide bonds. The number of pyridine rings is 1. The van der Waals surface area contributed by atoms with Crippen LogP contribution in [0.4, 0.5) is 5.69 Å². The van der Waals surface area contributed by atoms with E-state index in [9.17, 15) is 4.79 Å². The molecule has 2 heterocycles. The first-order valence-corrected chi connectivity index (χ1v) is 9.21. The highest BCUT2D eigenvalue weighted by molar-refractivity contribution is 5.92. The second-order valence-corrected chi connectivity index (χ2v) is 6.90. The van der Waals surface area contributed by atoms with Gasteiger partial charge in [0.05, 0.1) is 11.9 Å². The van der Waals surface area contributed by atoms with Crippen LogP contribution in [0.3, 0.4) is 0 Å². The maximum atomic E-state index is 12.6. The molecular formula is C21H27N3O. The summed E-state index contributed by atoms with van der Waals surface area (Å²) in [7, 11) is 0. The van der Waals surface area contributed by atoms with Gasteiger partial charge in [-0.1, -0.05) is 37.3 Å². The van der Waals surface area contributed by atoms with E-state index in [0.29, 0.717) is 11.6 Å². The molecule has 4 nitrogen and oxygen atoms in total. The molecule has 1 saturated heterocycles. The minimum Gasteiger partial charge on any atom is -0.366 e. The summed E-state index contributed by atoms with van der Waals surface area (Å²) in [5, 5.41) is 0. The number of carbonyl (C=O) groups excluding carboxylic acids is 1. The Labute approximate surface area is 150 Å². The minimum atomic E-state index is 0.0595. The summed E-state index contributed by atoms with van der Waals surface area (Å²) in [6, 6.07) is 14.3. The van der Waals surface area contributed by atoms with Gasteiger partial charge in [0.2, 0.25) is 0 Å². The van der Waals surface area contributed by atoms with Gasteiger partial charge >= 0.3 is 0 Å². The van der Waals surface area contributed by atoms with Gasteiger partial charge in [-0.15, -0.1) is 0 Å². The zero-order valence-corrected chi connectivity index (χ0v) is 15.2. The predicted octanol–water partition coefficient (Wildman–Crippen LogP) is 3.98. The van der Waals surface area contributed by atoms with Gasteiger partial charge in [0.15, 0.2) is 0 Å².